The first kappa shape index (κ1) is 13.9. The van der Waals surface area contributed by atoms with Crippen LogP contribution in [0.4, 0.5) is 10.5 Å². The molecule has 1 aromatic rings. The molecule has 2 amide bonds. The molecule has 4 nitrogen and oxygen atoms in total. The molecule has 4 heteroatoms. The molecule has 0 bridgehead atoms. The number of carbonyl (C=O) groups is 1. The number of nitrogens with zero attached hydrogens (tertiary/aromatic N) is 2. The minimum atomic E-state index is -0.350. The highest BCUT2D eigenvalue weighted by Gasteiger charge is 2.31. The second kappa shape index (κ2) is 4.85. The normalized spacial score (nSPS) is 16.6. The summed E-state index contributed by atoms with van der Waals surface area (Å²) in [6, 6.07) is 8.30. The number of anilines is 1. The Bertz CT molecular complexity index is 459. The van der Waals surface area contributed by atoms with Gasteiger partial charge in [0.1, 0.15) is 0 Å². The van der Waals surface area contributed by atoms with Gasteiger partial charge in [0, 0.05) is 30.4 Å². The summed E-state index contributed by atoms with van der Waals surface area (Å²) in [5.41, 5.74) is 7.73. The predicted molar refractivity (Wildman–Crippen MR) is 78.2 cm³/mol. The van der Waals surface area contributed by atoms with Crippen molar-refractivity contribution >= 4 is 11.7 Å². The Kier molecular flexibility index (Phi) is 3.54. The van der Waals surface area contributed by atoms with E-state index in [1.54, 1.807) is 0 Å². The van der Waals surface area contributed by atoms with Gasteiger partial charge >= 0.3 is 6.03 Å². The van der Waals surface area contributed by atoms with Crippen LogP contribution in [0.3, 0.4) is 0 Å². The summed E-state index contributed by atoms with van der Waals surface area (Å²) in [5.74, 6) is 0. The van der Waals surface area contributed by atoms with E-state index in [0.29, 0.717) is 0 Å². The number of hydrogen-bond acceptors (Lipinski definition) is 2. The lowest BCUT2D eigenvalue weighted by atomic mass is 9.95. The Balaban J connectivity index is 2.18. The summed E-state index contributed by atoms with van der Waals surface area (Å²) in [5, 5.41) is 0. The lowest BCUT2D eigenvalue weighted by Crippen LogP contribution is -2.36. The van der Waals surface area contributed by atoms with Crippen molar-refractivity contribution in [2.45, 2.75) is 39.3 Å². The van der Waals surface area contributed by atoms with Crippen LogP contribution in [0.2, 0.25) is 0 Å². The summed E-state index contributed by atoms with van der Waals surface area (Å²) < 4.78 is 0. The van der Waals surface area contributed by atoms with Crippen molar-refractivity contribution in [3.8, 4) is 0 Å². The van der Waals surface area contributed by atoms with Crippen LogP contribution in [0.15, 0.2) is 24.3 Å². The van der Waals surface area contributed by atoms with E-state index in [1.807, 2.05) is 61.8 Å². The Labute approximate surface area is 115 Å². The van der Waals surface area contributed by atoms with E-state index in [-0.39, 0.29) is 17.6 Å². The fourth-order valence-electron chi connectivity index (χ4n) is 2.34. The minimum absolute atomic E-state index is 0.0924. The Morgan fingerprint density at radius 2 is 1.74 bits per heavy atom. The first-order valence-corrected chi connectivity index (χ1v) is 6.78. The van der Waals surface area contributed by atoms with Gasteiger partial charge in [-0.15, -0.1) is 0 Å². The summed E-state index contributed by atoms with van der Waals surface area (Å²) in [7, 11) is 0. The van der Waals surface area contributed by atoms with Crippen molar-refractivity contribution in [3.63, 3.8) is 0 Å². The van der Waals surface area contributed by atoms with Crippen LogP contribution in [0.25, 0.3) is 0 Å². The zero-order chi connectivity index (χ0) is 14.2. The molecule has 104 valence electrons. The van der Waals surface area contributed by atoms with Gasteiger partial charge in [-0.2, -0.15) is 0 Å². The minimum Gasteiger partial charge on any atom is -0.322 e. The van der Waals surface area contributed by atoms with E-state index in [9.17, 15) is 4.79 Å². The maximum Gasteiger partial charge on any atom is 0.324 e. The number of amides is 2. The Hall–Kier alpha value is -1.55. The van der Waals surface area contributed by atoms with Crippen LogP contribution in [-0.2, 0) is 5.54 Å². The van der Waals surface area contributed by atoms with Crippen LogP contribution in [0.1, 0.15) is 33.3 Å². The number of hydrogen-bond donors (Lipinski definition) is 1. The van der Waals surface area contributed by atoms with Gasteiger partial charge in [-0.25, -0.2) is 4.79 Å². The van der Waals surface area contributed by atoms with E-state index < -0.39 is 0 Å². The summed E-state index contributed by atoms with van der Waals surface area (Å²) in [6.07, 6.45) is 0. The monoisotopic (exact) mass is 261 g/mol. The average Bonchev–Trinajstić information content (AvgIpc) is 2.70. The molecule has 0 saturated carbocycles. The fourth-order valence-corrected chi connectivity index (χ4v) is 2.34. The quantitative estimate of drug-likeness (QED) is 0.909. The van der Waals surface area contributed by atoms with Crippen molar-refractivity contribution in [2.24, 2.45) is 5.73 Å². The molecule has 0 spiro atoms. The number of carbonyl (C=O) groups excluding carboxylic acids is 1. The van der Waals surface area contributed by atoms with Crippen LogP contribution < -0.4 is 10.6 Å². The molecule has 2 N–H and O–H groups in total. The molecule has 2 rings (SSSR count). The molecular formula is C15H23N3O. The molecule has 1 aliphatic heterocycles. The highest BCUT2D eigenvalue weighted by molar-refractivity contribution is 5.94. The molecule has 1 aromatic carbocycles. The van der Waals surface area contributed by atoms with Gasteiger partial charge < -0.3 is 10.6 Å². The number of benzene rings is 1. The number of rotatable bonds is 3. The van der Waals surface area contributed by atoms with E-state index in [4.69, 9.17) is 5.73 Å². The van der Waals surface area contributed by atoms with E-state index in [1.165, 1.54) is 0 Å². The van der Waals surface area contributed by atoms with E-state index in [2.05, 4.69) is 0 Å². The van der Waals surface area contributed by atoms with E-state index in [0.717, 1.165) is 24.3 Å². The maximum atomic E-state index is 12.3. The average molecular weight is 261 g/mol. The molecule has 1 saturated heterocycles. The third kappa shape index (κ3) is 2.73. The summed E-state index contributed by atoms with van der Waals surface area (Å²) in [6.45, 7) is 9.58. The molecule has 0 aromatic heterocycles. The van der Waals surface area contributed by atoms with Gasteiger partial charge in [-0.05, 0) is 45.4 Å². The molecule has 0 aliphatic carbocycles. The van der Waals surface area contributed by atoms with Crippen molar-refractivity contribution in [1.29, 1.82) is 0 Å². The zero-order valence-electron chi connectivity index (χ0n) is 12.2. The third-order valence-electron chi connectivity index (χ3n) is 3.59. The summed E-state index contributed by atoms with van der Waals surface area (Å²) in [4.78, 5) is 16.0. The van der Waals surface area contributed by atoms with Gasteiger partial charge in [0.15, 0.2) is 0 Å². The van der Waals surface area contributed by atoms with Crippen molar-refractivity contribution in [3.05, 3.63) is 29.8 Å². The second-order valence-corrected chi connectivity index (χ2v) is 5.99. The molecule has 0 radical (unpaired) electrons. The van der Waals surface area contributed by atoms with Crippen LogP contribution in [0, 0.1) is 0 Å². The van der Waals surface area contributed by atoms with Crippen molar-refractivity contribution in [2.75, 3.05) is 18.0 Å². The molecule has 1 fully saturated rings. The topological polar surface area (TPSA) is 49.6 Å². The lowest BCUT2D eigenvalue weighted by molar-refractivity contribution is 0.209. The highest BCUT2D eigenvalue weighted by Crippen LogP contribution is 2.24. The van der Waals surface area contributed by atoms with Gasteiger partial charge in [0.2, 0.25) is 0 Å². The van der Waals surface area contributed by atoms with Gasteiger partial charge in [-0.3, -0.25) is 4.90 Å². The Morgan fingerprint density at radius 3 is 2.16 bits per heavy atom. The second-order valence-electron chi connectivity index (χ2n) is 5.99. The van der Waals surface area contributed by atoms with Gasteiger partial charge in [-0.1, -0.05) is 12.1 Å². The van der Waals surface area contributed by atoms with Gasteiger partial charge in [0.05, 0.1) is 0 Å². The smallest absolute Gasteiger partial charge is 0.322 e. The largest absolute Gasteiger partial charge is 0.324 e. The van der Waals surface area contributed by atoms with E-state index >= 15 is 0 Å². The standard InChI is InChI=1S/C15H23N3O/c1-11(2)17-9-10-18(14(17)19)13-7-5-12(6-8-13)15(3,4)16/h5-8,11H,9-10,16H2,1-4H3. The zero-order valence-corrected chi connectivity index (χ0v) is 12.2. The van der Waals surface area contributed by atoms with Crippen LogP contribution >= 0.6 is 0 Å². The van der Waals surface area contributed by atoms with Gasteiger partial charge in [0.25, 0.3) is 0 Å². The molecule has 1 heterocycles. The Morgan fingerprint density at radius 1 is 1.16 bits per heavy atom. The third-order valence-corrected chi connectivity index (χ3v) is 3.59. The van der Waals surface area contributed by atoms with Crippen LogP contribution in [-0.4, -0.2) is 30.1 Å². The van der Waals surface area contributed by atoms with Crippen molar-refractivity contribution < 1.29 is 4.79 Å². The lowest BCUT2D eigenvalue weighted by Gasteiger charge is -2.23. The first-order chi connectivity index (χ1) is 8.80. The molecule has 1 aliphatic rings. The highest BCUT2D eigenvalue weighted by atomic mass is 16.2. The molecule has 0 unspecified atom stereocenters. The predicted octanol–water partition coefficient (Wildman–Crippen LogP) is 2.53. The molecular weight excluding hydrogens is 238 g/mol. The molecule has 19 heavy (non-hydrogen) atoms. The maximum absolute atomic E-state index is 12.3. The molecule has 0 atom stereocenters. The summed E-state index contributed by atoms with van der Waals surface area (Å²) >= 11 is 0. The SMILES string of the molecule is CC(C)N1CCN(c2ccc(C(C)(C)N)cc2)C1=O. The van der Waals surface area contributed by atoms with Crippen LogP contribution in [0.5, 0.6) is 0 Å². The first-order valence-electron chi connectivity index (χ1n) is 6.78. The number of urea groups is 1. The number of nitrogens with two attached hydrogens (primary N) is 1. The fraction of sp³-hybridized carbons (Fsp3) is 0.533. The van der Waals surface area contributed by atoms with Crippen molar-refractivity contribution in [1.82, 2.24) is 4.90 Å².